The third kappa shape index (κ3) is 4.03. The van der Waals surface area contributed by atoms with Crippen LogP contribution in [0.25, 0.3) is 44.5 Å². The van der Waals surface area contributed by atoms with E-state index in [0.29, 0.717) is 0 Å². The maximum absolute atomic E-state index is 6.34. The molecule has 0 amide bonds. The number of benzene rings is 5. The van der Waals surface area contributed by atoms with Crippen molar-refractivity contribution in [3.05, 3.63) is 132 Å². The Morgan fingerprint density at radius 2 is 0.806 bits per heavy atom. The Kier molecular flexibility index (Phi) is 5.39. The summed E-state index contributed by atoms with van der Waals surface area (Å²) in [5.74, 6) is 0. The highest BCUT2D eigenvalue weighted by Gasteiger charge is 2.16. The summed E-state index contributed by atoms with van der Waals surface area (Å²) in [6, 6.07) is 44.5. The Morgan fingerprint density at radius 3 is 1.29 bits per heavy atom. The van der Waals surface area contributed by atoms with Crippen molar-refractivity contribution in [3.63, 3.8) is 0 Å². The quantitative estimate of drug-likeness (QED) is 0.274. The molecular formula is C30H21Cl. The van der Waals surface area contributed by atoms with Gasteiger partial charge in [-0.25, -0.2) is 0 Å². The van der Waals surface area contributed by atoms with Crippen LogP contribution in [0.2, 0.25) is 5.02 Å². The van der Waals surface area contributed by atoms with Gasteiger partial charge in [-0.2, -0.15) is 0 Å². The number of halogens is 1. The molecule has 5 aromatic rings. The van der Waals surface area contributed by atoms with Crippen molar-refractivity contribution in [3.8, 4) is 44.5 Å². The second-order valence-electron chi connectivity index (χ2n) is 7.55. The van der Waals surface area contributed by atoms with E-state index in [1.807, 2.05) is 18.2 Å². The molecule has 5 rings (SSSR count). The molecule has 31 heavy (non-hydrogen) atoms. The zero-order valence-electron chi connectivity index (χ0n) is 17.0. The fourth-order valence-corrected chi connectivity index (χ4v) is 4.27. The first kappa shape index (κ1) is 19.4. The van der Waals surface area contributed by atoms with Crippen LogP contribution in [0.1, 0.15) is 0 Å². The lowest BCUT2D eigenvalue weighted by Crippen LogP contribution is -1.93. The van der Waals surface area contributed by atoms with Gasteiger partial charge in [0, 0.05) is 5.02 Å². The van der Waals surface area contributed by atoms with Crippen molar-refractivity contribution in [2.75, 3.05) is 0 Å². The lowest BCUT2D eigenvalue weighted by Gasteiger charge is -2.19. The first-order valence-corrected chi connectivity index (χ1v) is 10.8. The molecule has 0 heterocycles. The van der Waals surface area contributed by atoms with E-state index < -0.39 is 0 Å². The van der Waals surface area contributed by atoms with Crippen LogP contribution in [-0.4, -0.2) is 0 Å². The van der Waals surface area contributed by atoms with Gasteiger partial charge in [0.15, 0.2) is 0 Å². The summed E-state index contributed by atoms with van der Waals surface area (Å²) in [7, 11) is 0. The Bertz CT molecular complexity index is 1250. The van der Waals surface area contributed by atoms with Crippen LogP contribution in [0.3, 0.4) is 0 Å². The minimum atomic E-state index is 0.743. The van der Waals surface area contributed by atoms with Crippen LogP contribution in [-0.2, 0) is 0 Å². The molecule has 0 spiro atoms. The van der Waals surface area contributed by atoms with E-state index in [0.717, 1.165) is 16.1 Å². The molecule has 0 aliphatic carbocycles. The summed E-state index contributed by atoms with van der Waals surface area (Å²) >= 11 is 6.34. The molecule has 0 bridgehead atoms. The topological polar surface area (TPSA) is 0 Å². The van der Waals surface area contributed by atoms with Crippen molar-refractivity contribution >= 4 is 11.6 Å². The summed E-state index contributed by atoms with van der Waals surface area (Å²) in [5.41, 5.74) is 9.53. The number of rotatable bonds is 4. The fraction of sp³-hybridized carbons (Fsp3) is 0. The molecule has 0 nitrogen and oxygen atoms in total. The van der Waals surface area contributed by atoms with Crippen LogP contribution in [0.5, 0.6) is 0 Å². The molecule has 0 radical (unpaired) electrons. The van der Waals surface area contributed by atoms with E-state index >= 15 is 0 Å². The summed E-state index contributed by atoms with van der Waals surface area (Å²) in [6.07, 6.45) is 0. The van der Waals surface area contributed by atoms with E-state index in [1.54, 1.807) is 0 Å². The number of hydrogen-bond donors (Lipinski definition) is 0. The van der Waals surface area contributed by atoms with Crippen LogP contribution in [0.15, 0.2) is 127 Å². The molecule has 0 aliphatic rings. The Labute approximate surface area is 188 Å². The van der Waals surface area contributed by atoms with Crippen molar-refractivity contribution in [2.45, 2.75) is 0 Å². The highest BCUT2D eigenvalue weighted by molar-refractivity contribution is 6.30. The van der Waals surface area contributed by atoms with Gasteiger partial charge in [-0.15, -0.1) is 0 Å². The van der Waals surface area contributed by atoms with E-state index in [1.165, 1.54) is 33.4 Å². The van der Waals surface area contributed by atoms with Crippen molar-refractivity contribution in [1.29, 1.82) is 0 Å². The third-order valence-corrected chi connectivity index (χ3v) is 5.76. The largest absolute Gasteiger partial charge is 0.0843 e. The summed E-state index contributed by atoms with van der Waals surface area (Å²) in [4.78, 5) is 0. The first-order chi connectivity index (χ1) is 15.3. The molecule has 0 aromatic heterocycles. The van der Waals surface area contributed by atoms with Gasteiger partial charge >= 0.3 is 0 Å². The average molecular weight is 417 g/mol. The number of hydrogen-bond acceptors (Lipinski definition) is 0. The van der Waals surface area contributed by atoms with Crippen LogP contribution in [0.4, 0.5) is 0 Å². The van der Waals surface area contributed by atoms with E-state index in [2.05, 4.69) is 109 Å². The normalized spacial score (nSPS) is 10.7. The summed E-state index contributed by atoms with van der Waals surface area (Å²) in [6.45, 7) is 0. The lowest BCUT2D eigenvalue weighted by atomic mass is 9.85. The first-order valence-electron chi connectivity index (χ1n) is 10.4. The van der Waals surface area contributed by atoms with Gasteiger partial charge in [0.1, 0.15) is 0 Å². The monoisotopic (exact) mass is 416 g/mol. The summed E-state index contributed by atoms with van der Waals surface area (Å²) < 4.78 is 0. The highest BCUT2D eigenvalue weighted by Crippen LogP contribution is 2.43. The predicted molar refractivity (Wildman–Crippen MR) is 133 cm³/mol. The third-order valence-electron chi connectivity index (χ3n) is 5.53. The molecule has 0 unspecified atom stereocenters. The molecule has 0 saturated carbocycles. The van der Waals surface area contributed by atoms with Gasteiger partial charge in [0.05, 0.1) is 0 Å². The maximum atomic E-state index is 6.34. The van der Waals surface area contributed by atoms with Gasteiger partial charge in [-0.1, -0.05) is 115 Å². The molecule has 0 fully saturated rings. The Morgan fingerprint density at radius 1 is 0.355 bits per heavy atom. The molecule has 0 aliphatic heterocycles. The van der Waals surface area contributed by atoms with Gasteiger partial charge in [-0.05, 0) is 68.8 Å². The molecule has 0 N–H and O–H groups in total. The lowest BCUT2D eigenvalue weighted by molar-refractivity contribution is 1.54. The van der Waals surface area contributed by atoms with E-state index in [9.17, 15) is 0 Å². The van der Waals surface area contributed by atoms with Gasteiger partial charge in [0.25, 0.3) is 0 Å². The molecule has 0 atom stereocenters. The van der Waals surface area contributed by atoms with Crippen LogP contribution >= 0.6 is 11.6 Å². The zero-order chi connectivity index (χ0) is 21.0. The van der Waals surface area contributed by atoms with Crippen LogP contribution < -0.4 is 0 Å². The minimum absolute atomic E-state index is 0.743. The molecule has 1 heteroatoms. The second kappa shape index (κ2) is 8.63. The maximum Gasteiger partial charge on any atom is 0.0412 e. The van der Waals surface area contributed by atoms with Gasteiger partial charge in [0.2, 0.25) is 0 Å². The fourth-order valence-electron chi connectivity index (χ4n) is 4.08. The Balaban J connectivity index is 1.88. The van der Waals surface area contributed by atoms with Crippen molar-refractivity contribution in [1.82, 2.24) is 0 Å². The molecule has 5 aromatic carbocycles. The molecular weight excluding hydrogens is 396 g/mol. The smallest absolute Gasteiger partial charge is 0.0412 e. The predicted octanol–water partition coefficient (Wildman–Crippen LogP) is 9.01. The Hall–Kier alpha value is -3.61. The van der Waals surface area contributed by atoms with Crippen molar-refractivity contribution in [2.24, 2.45) is 0 Å². The highest BCUT2D eigenvalue weighted by atomic mass is 35.5. The second-order valence-corrected chi connectivity index (χ2v) is 7.99. The standard InChI is InChI=1S/C30H21Cl/c31-27-18-10-17-25(19-27)26-20-28(22-11-4-1-5-12-22)30(24-15-8-3-9-16-24)29(21-26)23-13-6-2-7-14-23/h1-21H. The molecule has 0 saturated heterocycles. The SMILES string of the molecule is Clc1cccc(-c2cc(-c3ccccc3)c(-c3ccccc3)c(-c3ccccc3)c2)c1. The summed E-state index contributed by atoms with van der Waals surface area (Å²) in [5, 5.41) is 0.743. The van der Waals surface area contributed by atoms with Gasteiger partial charge < -0.3 is 0 Å². The molecule has 148 valence electrons. The minimum Gasteiger partial charge on any atom is -0.0843 e. The van der Waals surface area contributed by atoms with Crippen LogP contribution in [0, 0.1) is 0 Å². The van der Waals surface area contributed by atoms with E-state index in [4.69, 9.17) is 11.6 Å². The van der Waals surface area contributed by atoms with Crippen molar-refractivity contribution < 1.29 is 0 Å². The van der Waals surface area contributed by atoms with E-state index in [-0.39, 0.29) is 0 Å². The zero-order valence-corrected chi connectivity index (χ0v) is 17.8. The van der Waals surface area contributed by atoms with Gasteiger partial charge in [-0.3, -0.25) is 0 Å². The average Bonchev–Trinajstić information content (AvgIpc) is 2.85.